The van der Waals surface area contributed by atoms with E-state index in [-0.39, 0.29) is 12.5 Å². The number of carbonyl (C=O) groups is 2. The van der Waals surface area contributed by atoms with Gasteiger partial charge in [-0.2, -0.15) is 13.2 Å². The predicted molar refractivity (Wildman–Crippen MR) is 103 cm³/mol. The quantitative estimate of drug-likeness (QED) is 0.805. The van der Waals surface area contributed by atoms with E-state index in [9.17, 15) is 22.8 Å². The summed E-state index contributed by atoms with van der Waals surface area (Å²) in [6, 6.07) is 9.21. The van der Waals surface area contributed by atoms with Crippen LogP contribution < -0.4 is 10.1 Å². The maximum atomic E-state index is 13.2. The third kappa shape index (κ3) is 4.27. The van der Waals surface area contributed by atoms with Gasteiger partial charge >= 0.3 is 6.18 Å². The SMILES string of the molecule is O=C(N[C@H](CN1CCCC1=O)c1cccc(C(F)(F)F)c1)c1ccc2c(c1)CCO2. The standard InChI is InChI=1S/C22H21F3N2O3/c23-22(24,25)17-4-1-3-14(12-17)18(13-27-9-2-5-20(27)28)26-21(29)16-6-7-19-15(11-16)8-10-30-19/h1,3-4,6-7,11-12,18H,2,5,8-10,13H2,(H,26,29)/t18-/m1/s1. The molecule has 1 saturated heterocycles. The largest absolute Gasteiger partial charge is 0.493 e. The minimum Gasteiger partial charge on any atom is -0.493 e. The molecule has 1 fully saturated rings. The zero-order chi connectivity index (χ0) is 21.3. The number of ether oxygens (including phenoxy) is 1. The van der Waals surface area contributed by atoms with Gasteiger partial charge < -0.3 is 15.0 Å². The van der Waals surface area contributed by atoms with Gasteiger partial charge in [0.05, 0.1) is 18.2 Å². The molecule has 0 bridgehead atoms. The molecule has 30 heavy (non-hydrogen) atoms. The normalized spacial score (nSPS) is 16.9. The van der Waals surface area contributed by atoms with Gasteiger partial charge in [0.1, 0.15) is 5.75 Å². The van der Waals surface area contributed by atoms with Crippen molar-refractivity contribution in [3.8, 4) is 5.75 Å². The highest BCUT2D eigenvalue weighted by Gasteiger charge is 2.32. The van der Waals surface area contributed by atoms with Gasteiger partial charge in [-0.05, 0) is 47.9 Å². The summed E-state index contributed by atoms with van der Waals surface area (Å²) in [7, 11) is 0. The van der Waals surface area contributed by atoms with E-state index in [4.69, 9.17) is 4.74 Å². The molecule has 0 aliphatic carbocycles. The van der Waals surface area contributed by atoms with Crippen LogP contribution in [-0.2, 0) is 17.4 Å². The summed E-state index contributed by atoms with van der Waals surface area (Å²) in [5.41, 5.74) is 0.848. The number of nitrogens with zero attached hydrogens (tertiary/aromatic N) is 1. The highest BCUT2D eigenvalue weighted by Crippen LogP contribution is 2.31. The first-order chi connectivity index (χ1) is 14.3. The lowest BCUT2D eigenvalue weighted by atomic mass is 10.0. The van der Waals surface area contributed by atoms with Gasteiger partial charge in [0.25, 0.3) is 5.91 Å². The third-order valence-electron chi connectivity index (χ3n) is 5.45. The van der Waals surface area contributed by atoms with Crippen LogP contribution >= 0.6 is 0 Å². The molecule has 4 rings (SSSR count). The molecule has 2 aromatic rings. The lowest BCUT2D eigenvalue weighted by molar-refractivity contribution is -0.137. The number of amides is 2. The van der Waals surface area contributed by atoms with E-state index < -0.39 is 23.7 Å². The number of fused-ring (bicyclic) bond motifs is 1. The van der Waals surface area contributed by atoms with Crippen molar-refractivity contribution in [2.45, 2.75) is 31.5 Å². The molecule has 2 aliphatic heterocycles. The van der Waals surface area contributed by atoms with Crippen molar-refractivity contribution in [3.63, 3.8) is 0 Å². The summed E-state index contributed by atoms with van der Waals surface area (Å²) in [4.78, 5) is 26.5. The molecule has 0 aromatic heterocycles. The zero-order valence-corrected chi connectivity index (χ0v) is 16.2. The minimum absolute atomic E-state index is 0.0593. The van der Waals surface area contributed by atoms with Crippen LogP contribution in [0.25, 0.3) is 0 Å². The van der Waals surface area contributed by atoms with Crippen molar-refractivity contribution in [1.29, 1.82) is 0 Å². The van der Waals surface area contributed by atoms with Crippen LogP contribution in [0, 0.1) is 0 Å². The van der Waals surface area contributed by atoms with Gasteiger partial charge in [-0.15, -0.1) is 0 Å². The summed E-state index contributed by atoms with van der Waals surface area (Å²) in [5.74, 6) is 0.276. The fourth-order valence-electron chi connectivity index (χ4n) is 3.85. The van der Waals surface area contributed by atoms with Gasteiger partial charge in [-0.1, -0.05) is 12.1 Å². The smallest absolute Gasteiger partial charge is 0.416 e. The molecule has 0 unspecified atom stereocenters. The minimum atomic E-state index is -4.49. The monoisotopic (exact) mass is 418 g/mol. The number of nitrogens with one attached hydrogen (secondary N) is 1. The molecule has 2 amide bonds. The Balaban J connectivity index is 1.60. The Bertz CT molecular complexity index is 974. The van der Waals surface area contributed by atoms with Gasteiger partial charge in [0, 0.05) is 31.5 Å². The topological polar surface area (TPSA) is 58.6 Å². The summed E-state index contributed by atoms with van der Waals surface area (Å²) in [5, 5.41) is 2.83. The van der Waals surface area contributed by atoms with Crippen molar-refractivity contribution in [2.24, 2.45) is 0 Å². The van der Waals surface area contributed by atoms with Crippen LogP contribution in [0.2, 0.25) is 0 Å². The lowest BCUT2D eigenvalue weighted by Crippen LogP contribution is -2.38. The zero-order valence-electron chi connectivity index (χ0n) is 16.2. The van der Waals surface area contributed by atoms with Crippen LogP contribution in [0.5, 0.6) is 5.75 Å². The van der Waals surface area contributed by atoms with Gasteiger partial charge in [-0.3, -0.25) is 9.59 Å². The Kier molecular flexibility index (Phi) is 5.40. The number of likely N-dealkylation sites (tertiary alicyclic amines) is 1. The van der Waals surface area contributed by atoms with Gasteiger partial charge in [0.15, 0.2) is 0 Å². The maximum Gasteiger partial charge on any atom is 0.416 e. The third-order valence-corrected chi connectivity index (χ3v) is 5.45. The van der Waals surface area contributed by atoms with Gasteiger partial charge in [-0.25, -0.2) is 0 Å². The first-order valence-corrected chi connectivity index (χ1v) is 9.83. The molecule has 1 atom stereocenters. The number of hydrogen-bond donors (Lipinski definition) is 1. The van der Waals surface area contributed by atoms with E-state index in [1.165, 1.54) is 12.1 Å². The Morgan fingerprint density at radius 2 is 2.00 bits per heavy atom. The summed E-state index contributed by atoms with van der Waals surface area (Å²) in [6.45, 7) is 1.21. The number of halogens is 3. The van der Waals surface area contributed by atoms with Crippen molar-refractivity contribution < 1.29 is 27.5 Å². The first-order valence-electron chi connectivity index (χ1n) is 9.83. The van der Waals surface area contributed by atoms with Gasteiger partial charge in [0.2, 0.25) is 5.91 Å². The van der Waals surface area contributed by atoms with E-state index >= 15 is 0 Å². The highest BCUT2D eigenvalue weighted by atomic mass is 19.4. The summed E-state index contributed by atoms with van der Waals surface area (Å²) >= 11 is 0. The highest BCUT2D eigenvalue weighted by molar-refractivity contribution is 5.95. The van der Waals surface area contributed by atoms with E-state index in [0.29, 0.717) is 43.5 Å². The number of benzene rings is 2. The first kappa shape index (κ1) is 20.3. The van der Waals surface area contributed by atoms with Crippen LogP contribution in [0.1, 0.15) is 45.9 Å². The van der Waals surface area contributed by atoms with Crippen molar-refractivity contribution in [3.05, 3.63) is 64.7 Å². The molecule has 2 aromatic carbocycles. The number of carbonyl (C=O) groups excluding carboxylic acids is 2. The fourth-order valence-corrected chi connectivity index (χ4v) is 3.85. The van der Waals surface area contributed by atoms with E-state index in [1.807, 2.05) is 0 Å². The summed E-state index contributed by atoms with van der Waals surface area (Å²) < 4.78 is 45.0. The molecule has 1 N–H and O–H groups in total. The average Bonchev–Trinajstić information content (AvgIpc) is 3.35. The van der Waals surface area contributed by atoms with E-state index in [1.54, 1.807) is 23.1 Å². The molecule has 0 spiro atoms. The molecule has 0 radical (unpaired) electrons. The van der Waals surface area contributed by atoms with E-state index in [2.05, 4.69) is 5.32 Å². The van der Waals surface area contributed by atoms with Crippen LogP contribution in [-0.4, -0.2) is 36.4 Å². The van der Waals surface area contributed by atoms with Crippen molar-refractivity contribution in [2.75, 3.05) is 19.7 Å². The molecule has 0 saturated carbocycles. The number of hydrogen-bond acceptors (Lipinski definition) is 3. The summed E-state index contributed by atoms with van der Waals surface area (Å²) in [6.07, 6.45) is -2.68. The molecule has 8 heteroatoms. The number of alkyl halides is 3. The molecule has 2 aliphatic rings. The second-order valence-electron chi connectivity index (χ2n) is 7.51. The molecular weight excluding hydrogens is 397 g/mol. The Morgan fingerprint density at radius 3 is 2.73 bits per heavy atom. The number of rotatable bonds is 5. The predicted octanol–water partition coefficient (Wildman–Crippen LogP) is 3.73. The van der Waals surface area contributed by atoms with Crippen LogP contribution in [0.15, 0.2) is 42.5 Å². The lowest BCUT2D eigenvalue weighted by Gasteiger charge is -2.26. The Hall–Kier alpha value is -3.03. The Labute approximate surface area is 171 Å². The van der Waals surface area contributed by atoms with E-state index in [0.717, 1.165) is 23.4 Å². The Morgan fingerprint density at radius 1 is 1.17 bits per heavy atom. The van der Waals surface area contributed by atoms with Crippen molar-refractivity contribution >= 4 is 11.8 Å². The molecule has 158 valence electrons. The van der Waals surface area contributed by atoms with Crippen LogP contribution in [0.4, 0.5) is 13.2 Å². The fraction of sp³-hybridized carbons (Fsp3) is 0.364. The maximum absolute atomic E-state index is 13.2. The molecule has 2 heterocycles. The second-order valence-corrected chi connectivity index (χ2v) is 7.51. The van der Waals surface area contributed by atoms with Crippen LogP contribution in [0.3, 0.4) is 0 Å². The molecular formula is C22H21F3N2O3. The van der Waals surface area contributed by atoms with Crippen molar-refractivity contribution in [1.82, 2.24) is 10.2 Å². The average molecular weight is 418 g/mol. The second kappa shape index (κ2) is 8.01. The molecule has 5 nitrogen and oxygen atoms in total.